The highest BCUT2D eigenvalue weighted by Crippen LogP contribution is 2.28. The summed E-state index contributed by atoms with van der Waals surface area (Å²) in [4.78, 5) is 4.10. The molecule has 102 valence electrons. The second kappa shape index (κ2) is 4.97. The summed E-state index contributed by atoms with van der Waals surface area (Å²) in [7, 11) is -3.13. The number of aromatic nitrogens is 2. The van der Waals surface area contributed by atoms with Crippen LogP contribution in [0.5, 0.6) is 0 Å². The summed E-state index contributed by atoms with van der Waals surface area (Å²) in [6.45, 7) is 0. The van der Waals surface area contributed by atoms with Crippen LogP contribution in [0.4, 0.5) is 0 Å². The van der Waals surface area contributed by atoms with Crippen molar-refractivity contribution in [1.82, 2.24) is 10.1 Å². The summed E-state index contributed by atoms with van der Waals surface area (Å²) < 4.78 is 27.3. The number of nitrogens with zero attached hydrogens (tertiary/aromatic N) is 2. The van der Waals surface area contributed by atoms with Gasteiger partial charge in [-0.3, -0.25) is 0 Å². The molecule has 0 unspecified atom stereocenters. The zero-order valence-corrected chi connectivity index (χ0v) is 11.4. The first kappa shape index (κ1) is 13.5. The highest BCUT2D eigenvalue weighted by molar-refractivity contribution is 7.89. The molecule has 0 aromatic carbocycles. The van der Waals surface area contributed by atoms with E-state index in [0.29, 0.717) is 12.3 Å². The van der Waals surface area contributed by atoms with Crippen molar-refractivity contribution in [3.63, 3.8) is 0 Å². The van der Waals surface area contributed by atoms with Crippen LogP contribution in [-0.4, -0.2) is 30.4 Å². The maximum atomic E-state index is 11.1. The van der Waals surface area contributed by atoms with Crippen molar-refractivity contribution in [1.29, 1.82) is 0 Å². The summed E-state index contributed by atoms with van der Waals surface area (Å²) >= 11 is 0. The van der Waals surface area contributed by atoms with Gasteiger partial charge in [0.15, 0.2) is 15.7 Å². The maximum absolute atomic E-state index is 11.1. The van der Waals surface area contributed by atoms with Crippen LogP contribution in [0.2, 0.25) is 0 Å². The molecule has 6 nitrogen and oxygen atoms in total. The van der Waals surface area contributed by atoms with Gasteiger partial charge in [-0.25, -0.2) is 8.42 Å². The van der Waals surface area contributed by atoms with Crippen LogP contribution in [-0.2, 0) is 22.0 Å². The number of hydrogen-bond donors (Lipinski definition) is 1. The van der Waals surface area contributed by atoms with Crippen molar-refractivity contribution in [2.75, 3.05) is 6.26 Å². The minimum absolute atomic E-state index is 0.186. The average molecular weight is 273 g/mol. The molecule has 0 atom stereocenters. The molecule has 0 saturated heterocycles. The van der Waals surface area contributed by atoms with Gasteiger partial charge in [-0.1, -0.05) is 24.4 Å². The third-order valence-electron chi connectivity index (χ3n) is 3.25. The predicted octanol–water partition coefficient (Wildman–Crippen LogP) is 0.818. The van der Waals surface area contributed by atoms with Crippen LogP contribution in [0, 0.1) is 0 Å². The summed E-state index contributed by atoms with van der Waals surface area (Å²) in [5.41, 5.74) is 6.01. The molecule has 0 spiro atoms. The zero-order valence-electron chi connectivity index (χ0n) is 10.6. The van der Waals surface area contributed by atoms with Crippen molar-refractivity contribution in [3.8, 4) is 0 Å². The molecule has 7 heteroatoms. The number of rotatable bonds is 4. The van der Waals surface area contributed by atoms with Gasteiger partial charge >= 0.3 is 0 Å². The third kappa shape index (κ3) is 3.78. The van der Waals surface area contributed by atoms with E-state index in [2.05, 4.69) is 10.1 Å². The van der Waals surface area contributed by atoms with Gasteiger partial charge in [0.25, 0.3) is 0 Å². The van der Waals surface area contributed by atoms with Gasteiger partial charge in [0.2, 0.25) is 5.89 Å². The Balaban J connectivity index is 2.02. The van der Waals surface area contributed by atoms with Crippen molar-refractivity contribution in [2.24, 2.45) is 5.73 Å². The lowest BCUT2D eigenvalue weighted by atomic mass is 9.80. The summed E-state index contributed by atoms with van der Waals surface area (Å²) in [6, 6.07) is 0. The molecule has 2 rings (SSSR count). The molecule has 18 heavy (non-hydrogen) atoms. The number of nitrogens with two attached hydrogens (primary N) is 1. The van der Waals surface area contributed by atoms with Crippen molar-refractivity contribution in [2.45, 2.75) is 49.8 Å². The van der Waals surface area contributed by atoms with E-state index in [1.165, 1.54) is 6.42 Å². The molecule has 0 aliphatic heterocycles. The van der Waals surface area contributed by atoms with Crippen LogP contribution in [0.15, 0.2) is 4.52 Å². The van der Waals surface area contributed by atoms with Gasteiger partial charge in [-0.2, -0.15) is 4.98 Å². The first-order valence-corrected chi connectivity index (χ1v) is 8.20. The second-order valence-electron chi connectivity index (χ2n) is 5.27. The van der Waals surface area contributed by atoms with Crippen molar-refractivity contribution >= 4 is 9.84 Å². The quantitative estimate of drug-likeness (QED) is 0.871. The highest BCUT2D eigenvalue weighted by Gasteiger charge is 2.30. The molecule has 0 bridgehead atoms. The topological polar surface area (TPSA) is 99.1 Å². The smallest absolute Gasteiger partial charge is 0.228 e. The van der Waals surface area contributed by atoms with Crippen molar-refractivity contribution in [3.05, 3.63) is 11.7 Å². The lowest BCUT2D eigenvalue weighted by molar-refractivity contribution is 0.260. The lowest BCUT2D eigenvalue weighted by Gasteiger charge is -2.31. The molecule has 1 saturated carbocycles. The van der Waals surface area contributed by atoms with E-state index >= 15 is 0 Å². The van der Waals surface area contributed by atoms with Crippen LogP contribution in [0.3, 0.4) is 0 Å². The SMILES string of the molecule is CS(=O)(=O)Cc1noc(CC2(N)CCCCC2)n1. The average Bonchev–Trinajstić information content (AvgIpc) is 2.62. The largest absolute Gasteiger partial charge is 0.339 e. The maximum Gasteiger partial charge on any atom is 0.228 e. The molecule has 1 heterocycles. The Kier molecular flexibility index (Phi) is 3.72. The van der Waals surface area contributed by atoms with E-state index in [0.717, 1.165) is 31.9 Å². The molecule has 0 amide bonds. The minimum atomic E-state index is -3.13. The van der Waals surface area contributed by atoms with E-state index in [9.17, 15) is 8.42 Å². The van der Waals surface area contributed by atoms with Gasteiger partial charge in [-0.05, 0) is 12.8 Å². The van der Waals surface area contributed by atoms with Gasteiger partial charge < -0.3 is 10.3 Å². The highest BCUT2D eigenvalue weighted by atomic mass is 32.2. The Morgan fingerprint density at radius 1 is 1.33 bits per heavy atom. The van der Waals surface area contributed by atoms with Gasteiger partial charge in [-0.15, -0.1) is 0 Å². The van der Waals surface area contributed by atoms with Crippen LogP contribution in [0.25, 0.3) is 0 Å². The fraction of sp³-hybridized carbons (Fsp3) is 0.818. The summed E-state index contributed by atoms with van der Waals surface area (Å²) in [6.07, 6.45) is 7.07. The molecular formula is C11H19N3O3S. The van der Waals surface area contributed by atoms with Crippen molar-refractivity contribution < 1.29 is 12.9 Å². The lowest BCUT2D eigenvalue weighted by Crippen LogP contribution is -2.43. The Morgan fingerprint density at radius 2 is 2.00 bits per heavy atom. The second-order valence-corrected chi connectivity index (χ2v) is 7.41. The van der Waals surface area contributed by atoms with E-state index in [1.807, 2.05) is 0 Å². The first-order chi connectivity index (χ1) is 8.36. The molecule has 2 N–H and O–H groups in total. The van der Waals surface area contributed by atoms with E-state index in [1.54, 1.807) is 0 Å². The summed E-state index contributed by atoms with van der Waals surface area (Å²) in [5.74, 6) is 0.471. The zero-order chi connectivity index (χ0) is 13.2. The third-order valence-corrected chi connectivity index (χ3v) is 4.04. The molecule has 1 fully saturated rings. The standard InChI is InChI=1S/C11H19N3O3S/c1-18(15,16)8-9-13-10(17-14-9)7-11(12)5-3-2-4-6-11/h2-8,12H2,1H3. The normalized spacial score (nSPS) is 19.9. The Hall–Kier alpha value is -0.950. The van der Waals surface area contributed by atoms with Crippen LogP contribution in [0.1, 0.15) is 43.8 Å². The Morgan fingerprint density at radius 3 is 2.61 bits per heavy atom. The molecular weight excluding hydrogens is 254 g/mol. The van der Waals surface area contributed by atoms with Gasteiger partial charge in [0.05, 0.1) is 0 Å². The molecule has 1 aromatic rings. The Labute approximate surface area is 107 Å². The minimum Gasteiger partial charge on any atom is -0.339 e. The van der Waals surface area contributed by atoms with E-state index in [4.69, 9.17) is 10.3 Å². The fourth-order valence-corrected chi connectivity index (χ4v) is 2.98. The Bertz CT molecular complexity index is 503. The van der Waals surface area contributed by atoms with Crippen LogP contribution >= 0.6 is 0 Å². The first-order valence-electron chi connectivity index (χ1n) is 6.14. The predicted molar refractivity (Wildman–Crippen MR) is 66.6 cm³/mol. The van der Waals surface area contributed by atoms with Gasteiger partial charge in [0, 0.05) is 18.2 Å². The van der Waals surface area contributed by atoms with E-state index < -0.39 is 9.84 Å². The van der Waals surface area contributed by atoms with Crippen LogP contribution < -0.4 is 5.73 Å². The van der Waals surface area contributed by atoms with Gasteiger partial charge in [0.1, 0.15) is 5.75 Å². The summed E-state index contributed by atoms with van der Waals surface area (Å²) in [5, 5.41) is 3.68. The monoisotopic (exact) mass is 273 g/mol. The molecule has 1 aliphatic rings. The van der Waals surface area contributed by atoms with E-state index in [-0.39, 0.29) is 17.1 Å². The fourth-order valence-electron chi connectivity index (χ4n) is 2.39. The molecule has 1 aromatic heterocycles. The molecule has 0 radical (unpaired) electrons. The number of sulfone groups is 1. The molecule has 1 aliphatic carbocycles. The number of hydrogen-bond acceptors (Lipinski definition) is 6.